The van der Waals surface area contributed by atoms with Crippen LogP contribution in [0.3, 0.4) is 0 Å². The van der Waals surface area contributed by atoms with E-state index in [9.17, 15) is 4.79 Å². The molecule has 6 heteroatoms. The number of rotatable bonds is 9. The van der Waals surface area contributed by atoms with Crippen LogP contribution in [0.2, 0.25) is 0 Å². The van der Waals surface area contributed by atoms with Gasteiger partial charge in [-0.15, -0.1) is 0 Å². The van der Waals surface area contributed by atoms with Gasteiger partial charge in [0, 0.05) is 31.6 Å². The number of likely N-dealkylation sites (tertiary alicyclic amines) is 1. The number of hydrogen-bond acceptors (Lipinski definition) is 3. The largest absolute Gasteiger partial charge is 0.356 e. The van der Waals surface area contributed by atoms with E-state index in [1.54, 1.807) is 0 Å². The highest BCUT2D eigenvalue weighted by Gasteiger charge is 2.31. The second-order valence-corrected chi connectivity index (χ2v) is 8.95. The minimum absolute atomic E-state index is 0.166. The average molecular weight is 392 g/mol. The third kappa shape index (κ3) is 7.61. The average Bonchev–Trinajstić information content (AvgIpc) is 3.54. The highest BCUT2D eigenvalue weighted by Crippen LogP contribution is 2.26. The zero-order chi connectivity index (χ0) is 19.6. The van der Waals surface area contributed by atoms with Crippen LogP contribution in [-0.2, 0) is 4.79 Å². The maximum Gasteiger partial charge on any atom is 0.223 e. The van der Waals surface area contributed by atoms with Crippen molar-refractivity contribution < 1.29 is 4.79 Å². The van der Waals surface area contributed by atoms with E-state index in [1.807, 2.05) is 7.05 Å². The van der Waals surface area contributed by atoms with Crippen molar-refractivity contribution >= 4 is 11.9 Å². The summed E-state index contributed by atoms with van der Waals surface area (Å²) in [6.45, 7) is 4.84. The van der Waals surface area contributed by atoms with Crippen LogP contribution in [0, 0.1) is 5.92 Å². The summed E-state index contributed by atoms with van der Waals surface area (Å²) in [6, 6.07) is 0.819. The summed E-state index contributed by atoms with van der Waals surface area (Å²) in [5.74, 6) is 1.33. The maximum absolute atomic E-state index is 12.3. The molecule has 3 fully saturated rings. The molecule has 6 nitrogen and oxygen atoms in total. The standard InChI is InChI=1S/C22H41N5O/c1-23-22(24-13-4-2-5-14-27-15-6-3-7-16-27)26-20-10-8-9-18(17-20)21(28)25-19-11-12-19/h18-20H,2-17H2,1H3,(H,25,28)(H2,23,24,26). The third-order valence-corrected chi connectivity index (χ3v) is 6.43. The number of aliphatic imine (C=N–C) groups is 1. The number of carbonyl (C=O) groups is 1. The van der Waals surface area contributed by atoms with Crippen molar-refractivity contribution in [3.63, 3.8) is 0 Å². The van der Waals surface area contributed by atoms with Gasteiger partial charge in [0.05, 0.1) is 0 Å². The van der Waals surface area contributed by atoms with Gasteiger partial charge in [0.15, 0.2) is 5.96 Å². The number of carbonyl (C=O) groups excluding carboxylic acids is 1. The van der Waals surface area contributed by atoms with Crippen molar-refractivity contribution in [2.75, 3.05) is 33.2 Å². The van der Waals surface area contributed by atoms with E-state index in [0.717, 1.165) is 51.0 Å². The van der Waals surface area contributed by atoms with E-state index in [1.165, 1.54) is 58.2 Å². The molecule has 1 amide bonds. The van der Waals surface area contributed by atoms with Crippen LogP contribution in [0.1, 0.15) is 77.0 Å². The van der Waals surface area contributed by atoms with Gasteiger partial charge < -0.3 is 20.9 Å². The van der Waals surface area contributed by atoms with Crippen molar-refractivity contribution in [1.82, 2.24) is 20.9 Å². The maximum atomic E-state index is 12.3. The molecule has 0 radical (unpaired) electrons. The first-order valence-corrected chi connectivity index (χ1v) is 11.7. The summed E-state index contributed by atoms with van der Waals surface area (Å²) >= 11 is 0. The zero-order valence-electron chi connectivity index (χ0n) is 17.8. The van der Waals surface area contributed by atoms with E-state index in [0.29, 0.717) is 12.1 Å². The molecule has 0 bridgehead atoms. The van der Waals surface area contributed by atoms with E-state index < -0.39 is 0 Å². The second kappa shape index (κ2) is 11.6. The van der Waals surface area contributed by atoms with Gasteiger partial charge in [-0.25, -0.2) is 0 Å². The molecule has 0 aromatic rings. The first kappa shape index (κ1) is 21.4. The van der Waals surface area contributed by atoms with Crippen molar-refractivity contribution in [1.29, 1.82) is 0 Å². The normalized spacial score (nSPS) is 26.7. The van der Waals surface area contributed by atoms with Crippen molar-refractivity contribution in [2.45, 2.75) is 89.1 Å². The molecule has 0 aromatic heterocycles. The predicted molar refractivity (Wildman–Crippen MR) is 116 cm³/mol. The Hall–Kier alpha value is -1.30. The van der Waals surface area contributed by atoms with Gasteiger partial charge in [0.1, 0.15) is 0 Å². The number of unbranched alkanes of at least 4 members (excludes halogenated alkanes) is 2. The van der Waals surface area contributed by atoms with Crippen LogP contribution < -0.4 is 16.0 Å². The predicted octanol–water partition coefficient (Wildman–Crippen LogP) is 2.64. The number of nitrogens with one attached hydrogen (secondary N) is 3. The van der Waals surface area contributed by atoms with Crippen LogP contribution in [0.5, 0.6) is 0 Å². The van der Waals surface area contributed by atoms with E-state index in [2.05, 4.69) is 25.8 Å². The molecule has 1 heterocycles. The van der Waals surface area contributed by atoms with Gasteiger partial charge in [-0.3, -0.25) is 9.79 Å². The quantitative estimate of drug-likeness (QED) is 0.321. The number of amides is 1. The lowest BCUT2D eigenvalue weighted by Gasteiger charge is -2.30. The minimum atomic E-state index is 0.166. The molecule has 160 valence electrons. The topological polar surface area (TPSA) is 68.8 Å². The highest BCUT2D eigenvalue weighted by molar-refractivity contribution is 5.81. The molecule has 3 aliphatic rings. The molecule has 28 heavy (non-hydrogen) atoms. The van der Waals surface area contributed by atoms with Gasteiger partial charge in [0.2, 0.25) is 5.91 Å². The lowest BCUT2D eigenvalue weighted by atomic mass is 9.85. The fourth-order valence-corrected chi connectivity index (χ4v) is 4.52. The van der Waals surface area contributed by atoms with E-state index >= 15 is 0 Å². The Morgan fingerprint density at radius 2 is 1.75 bits per heavy atom. The first-order chi connectivity index (χ1) is 13.7. The van der Waals surface area contributed by atoms with Gasteiger partial charge in [-0.05, 0) is 77.4 Å². The van der Waals surface area contributed by atoms with Gasteiger partial charge >= 0.3 is 0 Å². The molecule has 2 saturated carbocycles. The summed E-state index contributed by atoms with van der Waals surface area (Å²) in [4.78, 5) is 19.4. The summed E-state index contributed by atoms with van der Waals surface area (Å²) in [6.07, 6.45) is 14.5. The Balaban J connectivity index is 1.26. The molecule has 2 aliphatic carbocycles. The Kier molecular flexibility index (Phi) is 8.90. The number of piperidine rings is 1. The molecule has 3 N–H and O–H groups in total. The third-order valence-electron chi connectivity index (χ3n) is 6.43. The van der Waals surface area contributed by atoms with Crippen LogP contribution >= 0.6 is 0 Å². The Morgan fingerprint density at radius 3 is 2.50 bits per heavy atom. The monoisotopic (exact) mass is 391 g/mol. The number of guanidine groups is 1. The summed E-state index contributed by atoms with van der Waals surface area (Å²) in [5.41, 5.74) is 0. The summed E-state index contributed by atoms with van der Waals surface area (Å²) in [5, 5.41) is 10.2. The minimum Gasteiger partial charge on any atom is -0.356 e. The summed E-state index contributed by atoms with van der Waals surface area (Å²) < 4.78 is 0. The highest BCUT2D eigenvalue weighted by atomic mass is 16.2. The number of hydrogen-bond donors (Lipinski definition) is 3. The zero-order valence-corrected chi connectivity index (χ0v) is 17.8. The fourth-order valence-electron chi connectivity index (χ4n) is 4.52. The van der Waals surface area contributed by atoms with Gasteiger partial charge in [0.25, 0.3) is 0 Å². The van der Waals surface area contributed by atoms with Gasteiger partial charge in [-0.2, -0.15) is 0 Å². The van der Waals surface area contributed by atoms with Gasteiger partial charge in [-0.1, -0.05) is 19.3 Å². The first-order valence-electron chi connectivity index (χ1n) is 11.7. The van der Waals surface area contributed by atoms with Crippen molar-refractivity contribution in [2.24, 2.45) is 10.9 Å². The van der Waals surface area contributed by atoms with E-state index in [-0.39, 0.29) is 11.8 Å². The molecular weight excluding hydrogens is 350 g/mol. The lowest BCUT2D eigenvalue weighted by Crippen LogP contribution is -2.47. The number of nitrogens with zero attached hydrogens (tertiary/aromatic N) is 2. The Morgan fingerprint density at radius 1 is 0.929 bits per heavy atom. The van der Waals surface area contributed by atoms with Crippen LogP contribution in [0.15, 0.2) is 4.99 Å². The molecule has 2 atom stereocenters. The van der Waals surface area contributed by atoms with Crippen LogP contribution in [0.25, 0.3) is 0 Å². The second-order valence-electron chi connectivity index (χ2n) is 8.95. The van der Waals surface area contributed by atoms with Crippen molar-refractivity contribution in [3.05, 3.63) is 0 Å². The summed E-state index contributed by atoms with van der Waals surface area (Å²) in [7, 11) is 1.84. The molecular formula is C22H41N5O. The molecule has 1 saturated heterocycles. The van der Waals surface area contributed by atoms with E-state index in [4.69, 9.17) is 0 Å². The van der Waals surface area contributed by atoms with Crippen LogP contribution in [-0.4, -0.2) is 62.1 Å². The van der Waals surface area contributed by atoms with Crippen molar-refractivity contribution in [3.8, 4) is 0 Å². The molecule has 2 unspecified atom stereocenters. The Labute approximate surface area is 171 Å². The Bertz CT molecular complexity index is 499. The fraction of sp³-hybridized carbons (Fsp3) is 0.909. The molecule has 3 rings (SSSR count). The SMILES string of the molecule is CN=C(NCCCCCN1CCCCC1)NC1CCCC(C(=O)NC2CC2)C1. The van der Waals surface area contributed by atoms with Crippen LogP contribution in [0.4, 0.5) is 0 Å². The molecule has 0 aromatic carbocycles. The molecule has 0 spiro atoms. The lowest BCUT2D eigenvalue weighted by molar-refractivity contribution is -0.126. The smallest absolute Gasteiger partial charge is 0.223 e. The molecule has 1 aliphatic heterocycles.